The van der Waals surface area contributed by atoms with Gasteiger partial charge in [0.05, 0.1) is 5.69 Å². The normalized spacial score (nSPS) is 10.7. The van der Waals surface area contributed by atoms with Crippen LogP contribution in [0.1, 0.15) is 10.5 Å². The molecule has 0 bridgehead atoms. The fourth-order valence-corrected chi connectivity index (χ4v) is 1.92. The monoisotopic (exact) mass is 269 g/mol. The summed E-state index contributed by atoms with van der Waals surface area (Å²) in [5.74, 6) is -0.429. The summed E-state index contributed by atoms with van der Waals surface area (Å²) < 4.78 is 1.46. The van der Waals surface area contributed by atoms with E-state index in [4.69, 9.17) is 5.11 Å². The van der Waals surface area contributed by atoms with Gasteiger partial charge in [-0.2, -0.15) is 9.61 Å². The number of anilines is 1. The molecule has 0 atom stereocenters. The summed E-state index contributed by atoms with van der Waals surface area (Å²) >= 11 is 0. The highest BCUT2D eigenvalue weighted by molar-refractivity contribution is 5.87. The first-order valence-corrected chi connectivity index (χ1v) is 5.91. The van der Waals surface area contributed by atoms with Crippen LogP contribution in [0.4, 0.5) is 5.82 Å². The van der Waals surface area contributed by atoms with Crippen molar-refractivity contribution >= 4 is 17.4 Å². The standard InChI is InChI=1S/C13H11N5O2/c1-14-11-5-9(8-3-2-4-15-7-8)16-12-6-10(13(19)20)17-18(11)12/h2-7,14H,1H3,(H,19,20). The van der Waals surface area contributed by atoms with Crippen molar-refractivity contribution in [2.45, 2.75) is 0 Å². The highest BCUT2D eigenvalue weighted by atomic mass is 16.4. The van der Waals surface area contributed by atoms with Gasteiger partial charge in [-0.15, -0.1) is 0 Å². The van der Waals surface area contributed by atoms with E-state index in [2.05, 4.69) is 20.4 Å². The Morgan fingerprint density at radius 2 is 2.25 bits per heavy atom. The summed E-state index contributed by atoms with van der Waals surface area (Å²) in [6.07, 6.45) is 3.38. The molecule has 0 aliphatic heterocycles. The first kappa shape index (κ1) is 12.1. The smallest absolute Gasteiger partial charge is 0.356 e. The minimum absolute atomic E-state index is 0.0441. The number of pyridine rings is 1. The van der Waals surface area contributed by atoms with Crippen LogP contribution >= 0.6 is 0 Å². The molecule has 0 saturated carbocycles. The predicted molar refractivity (Wildman–Crippen MR) is 72.7 cm³/mol. The summed E-state index contributed by atoms with van der Waals surface area (Å²) in [6.45, 7) is 0. The van der Waals surface area contributed by atoms with Crippen molar-refractivity contribution in [3.05, 3.63) is 42.4 Å². The first-order chi connectivity index (χ1) is 9.69. The van der Waals surface area contributed by atoms with Crippen LogP contribution in [-0.4, -0.2) is 37.7 Å². The van der Waals surface area contributed by atoms with Crippen molar-refractivity contribution in [1.29, 1.82) is 0 Å². The summed E-state index contributed by atoms with van der Waals surface area (Å²) in [4.78, 5) is 19.5. The third-order valence-electron chi connectivity index (χ3n) is 2.86. The molecule has 0 saturated heterocycles. The summed E-state index contributed by atoms with van der Waals surface area (Å²) in [5.41, 5.74) is 1.97. The SMILES string of the molecule is CNc1cc(-c2cccnc2)nc2cc(C(=O)O)nn12. The molecular formula is C13H11N5O2. The molecule has 0 spiro atoms. The fraction of sp³-hybridized carbons (Fsp3) is 0.0769. The number of aromatic nitrogens is 4. The first-order valence-electron chi connectivity index (χ1n) is 5.91. The van der Waals surface area contributed by atoms with Gasteiger partial charge in [0.25, 0.3) is 0 Å². The van der Waals surface area contributed by atoms with Crippen molar-refractivity contribution in [1.82, 2.24) is 19.6 Å². The Labute approximate surface area is 113 Å². The third-order valence-corrected chi connectivity index (χ3v) is 2.86. The molecule has 0 amide bonds. The predicted octanol–water partition coefficient (Wildman–Crippen LogP) is 1.53. The van der Waals surface area contributed by atoms with E-state index in [9.17, 15) is 4.79 Å². The Hall–Kier alpha value is -2.96. The Kier molecular flexibility index (Phi) is 2.79. The van der Waals surface area contributed by atoms with Gasteiger partial charge in [-0.1, -0.05) is 0 Å². The average Bonchev–Trinajstić information content (AvgIpc) is 2.91. The van der Waals surface area contributed by atoms with Crippen LogP contribution in [0.5, 0.6) is 0 Å². The van der Waals surface area contributed by atoms with E-state index in [-0.39, 0.29) is 5.69 Å². The van der Waals surface area contributed by atoms with Crippen LogP contribution in [0.25, 0.3) is 16.9 Å². The number of nitrogens with zero attached hydrogens (tertiary/aromatic N) is 4. The lowest BCUT2D eigenvalue weighted by Gasteiger charge is -2.06. The zero-order valence-electron chi connectivity index (χ0n) is 10.6. The van der Waals surface area contributed by atoms with Crippen LogP contribution in [0, 0.1) is 0 Å². The number of nitrogens with one attached hydrogen (secondary N) is 1. The molecule has 3 aromatic heterocycles. The molecule has 3 heterocycles. The van der Waals surface area contributed by atoms with Crippen molar-refractivity contribution in [2.24, 2.45) is 0 Å². The Morgan fingerprint density at radius 1 is 1.40 bits per heavy atom. The molecule has 0 radical (unpaired) electrons. The maximum atomic E-state index is 11.0. The van der Waals surface area contributed by atoms with Gasteiger partial charge in [-0.25, -0.2) is 9.78 Å². The van der Waals surface area contributed by atoms with Crippen molar-refractivity contribution in [2.75, 3.05) is 12.4 Å². The Morgan fingerprint density at radius 3 is 2.90 bits per heavy atom. The Bertz CT molecular complexity index is 782. The van der Waals surface area contributed by atoms with Gasteiger partial charge in [-0.3, -0.25) is 4.98 Å². The number of aromatic carboxylic acids is 1. The number of carboxylic acid groups (broad SMARTS) is 1. The zero-order chi connectivity index (χ0) is 14.1. The number of hydrogen-bond donors (Lipinski definition) is 2. The van der Waals surface area contributed by atoms with Gasteiger partial charge in [0.15, 0.2) is 11.3 Å². The molecular weight excluding hydrogens is 258 g/mol. The van der Waals surface area contributed by atoms with Crippen molar-refractivity contribution < 1.29 is 9.90 Å². The highest BCUT2D eigenvalue weighted by Gasteiger charge is 2.13. The van der Waals surface area contributed by atoms with Crippen LogP contribution in [0.3, 0.4) is 0 Å². The summed E-state index contributed by atoms with van der Waals surface area (Å²) in [6, 6.07) is 6.94. The molecule has 3 aromatic rings. The number of rotatable bonds is 3. The van der Waals surface area contributed by atoms with Crippen LogP contribution in [0.2, 0.25) is 0 Å². The second-order valence-electron chi connectivity index (χ2n) is 4.12. The Balaban J connectivity index is 2.24. The van der Waals surface area contributed by atoms with Gasteiger partial charge in [-0.05, 0) is 12.1 Å². The number of carbonyl (C=O) groups is 1. The topological polar surface area (TPSA) is 92.4 Å². The average molecular weight is 269 g/mol. The van der Waals surface area contributed by atoms with E-state index in [0.29, 0.717) is 17.2 Å². The fourth-order valence-electron chi connectivity index (χ4n) is 1.92. The van der Waals surface area contributed by atoms with Gasteiger partial charge in [0.2, 0.25) is 0 Å². The third kappa shape index (κ3) is 1.95. The summed E-state index contributed by atoms with van der Waals surface area (Å²) in [5, 5.41) is 16.0. The molecule has 0 fully saturated rings. The van der Waals surface area contributed by atoms with Crippen LogP contribution in [0.15, 0.2) is 36.7 Å². The molecule has 0 aliphatic rings. The second-order valence-corrected chi connectivity index (χ2v) is 4.12. The number of carboxylic acids is 1. The van der Waals surface area contributed by atoms with E-state index in [0.717, 1.165) is 5.56 Å². The number of fused-ring (bicyclic) bond motifs is 1. The molecule has 0 aromatic carbocycles. The largest absolute Gasteiger partial charge is 0.476 e. The molecule has 7 heteroatoms. The molecule has 2 N–H and O–H groups in total. The van der Waals surface area contributed by atoms with Gasteiger partial charge >= 0.3 is 5.97 Å². The van der Waals surface area contributed by atoms with E-state index >= 15 is 0 Å². The van der Waals surface area contributed by atoms with Crippen molar-refractivity contribution in [3.63, 3.8) is 0 Å². The van der Waals surface area contributed by atoms with E-state index in [1.165, 1.54) is 10.6 Å². The van der Waals surface area contributed by atoms with Crippen LogP contribution < -0.4 is 5.32 Å². The highest BCUT2D eigenvalue weighted by Crippen LogP contribution is 2.21. The van der Waals surface area contributed by atoms with Crippen LogP contribution in [-0.2, 0) is 0 Å². The van der Waals surface area contributed by atoms with Gasteiger partial charge in [0, 0.05) is 37.1 Å². The van der Waals surface area contributed by atoms with E-state index in [1.54, 1.807) is 25.5 Å². The molecule has 100 valence electrons. The molecule has 7 nitrogen and oxygen atoms in total. The lowest BCUT2D eigenvalue weighted by Crippen LogP contribution is -2.03. The lowest BCUT2D eigenvalue weighted by molar-refractivity contribution is 0.0690. The molecule has 3 rings (SSSR count). The van der Waals surface area contributed by atoms with E-state index in [1.807, 2.05) is 12.1 Å². The minimum atomic E-state index is -1.08. The van der Waals surface area contributed by atoms with Crippen molar-refractivity contribution in [3.8, 4) is 11.3 Å². The maximum absolute atomic E-state index is 11.0. The van der Waals surface area contributed by atoms with Gasteiger partial charge < -0.3 is 10.4 Å². The maximum Gasteiger partial charge on any atom is 0.356 e. The second kappa shape index (κ2) is 4.61. The lowest BCUT2D eigenvalue weighted by atomic mass is 10.2. The quantitative estimate of drug-likeness (QED) is 0.749. The molecule has 0 aliphatic carbocycles. The number of hydrogen-bond acceptors (Lipinski definition) is 5. The van der Waals surface area contributed by atoms with E-state index < -0.39 is 5.97 Å². The molecule has 20 heavy (non-hydrogen) atoms. The minimum Gasteiger partial charge on any atom is -0.476 e. The summed E-state index contributed by atoms with van der Waals surface area (Å²) in [7, 11) is 1.74. The zero-order valence-corrected chi connectivity index (χ0v) is 10.6. The van der Waals surface area contributed by atoms with Gasteiger partial charge in [0.1, 0.15) is 5.82 Å². The molecule has 0 unspecified atom stereocenters.